The summed E-state index contributed by atoms with van der Waals surface area (Å²) >= 11 is 0. The second-order valence-corrected chi connectivity index (χ2v) is 14.6. The van der Waals surface area contributed by atoms with Crippen molar-refractivity contribution in [3.63, 3.8) is 0 Å². The van der Waals surface area contributed by atoms with E-state index in [0.717, 1.165) is 61.3 Å². The van der Waals surface area contributed by atoms with Gasteiger partial charge >= 0.3 is 0 Å². The van der Waals surface area contributed by atoms with Crippen molar-refractivity contribution >= 4 is 49.3 Å². The molecule has 6 nitrogen and oxygen atoms in total. The lowest BCUT2D eigenvalue weighted by Gasteiger charge is -2.19. The van der Waals surface area contributed by atoms with Gasteiger partial charge in [0.1, 0.15) is 11.6 Å². The highest BCUT2D eigenvalue weighted by molar-refractivity contribution is 6.11. The van der Waals surface area contributed by atoms with Crippen LogP contribution in [-0.2, 0) is 0 Å². The van der Waals surface area contributed by atoms with Crippen molar-refractivity contribution in [1.29, 1.82) is 0 Å². The molecule has 10 aromatic rings. The van der Waals surface area contributed by atoms with E-state index in [2.05, 4.69) is 160 Å². The van der Waals surface area contributed by atoms with Crippen molar-refractivity contribution < 1.29 is 0 Å². The van der Waals surface area contributed by atoms with Crippen molar-refractivity contribution in [2.45, 2.75) is 27.7 Å². The average molecular weight is 721 g/mol. The Hall–Kier alpha value is -7.36. The van der Waals surface area contributed by atoms with Crippen LogP contribution in [0.5, 0.6) is 0 Å². The second-order valence-electron chi connectivity index (χ2n) is 14.6. The first-order chi connectivity index (χ1) is 27.3. The zero-order chi connectivity index (χ0) is 38.1. The zero-order valence-electron chi connectivity index (χ0n) is 31.5. The number of hydrogen-bond donors (Lipinski definition) is 0. The van der Waals surface area contributed by atoms with Crippen LogP contribution in [0.15, 0.2) is 146 Å². The normalized spacial score (nSPS) is 11.6. The van der Waals surface area contributed by atoms with Crippen LogP contribution >= 0.6 is 0 Å². The monoisotopic (exact) mass is 720 g/mol. The van der Waals surface area contributed by atoms with E-state index < -0.39 is 0 Å². The van der Waals surface area contributed by atoms with Gasteiger partial charge in [0.15, 0.2) is 11.5 Å². The predicted molar refractivity (Wildman–Crippen MR) is 230 cm³/mol. The Balaban J connectivity index is 1.30. The summed E-state index contributed by atoms with van der Waals surface area (Å²) < 4.78 is 4.74. The lowest BCUT2D eigenvalue weighted by Crippen LogP contribution is -2.04. The van der Waals surface area contributed by atoms with Gasteiger partial charge in [-0.05, 0) is 111 Å². The third kappa shape index (κ3) is 5.36. The molecule has 0 unspecified atom stereocenters. The first-order valence-corrected chi connectivity index (χ1v) is 18.8. The third-order valence-electron chi connectivity index (χ3n) is 10.9. The number of nitrogens with zero attached hydrogens (tertiary/aromatic N) is 6. The summed E-state index contributed by atoms with van der Waals surface area (Å²) in [6, 6.07) is 51.8. The molecule has 6 heteroatoms. The van der Waals surface area contributed by atoms with Crippen molar-refractivity contribution in [1.82, 2.24) is 24.1 Å². The van der Waals surface area contributed by atoms with E-state index in [-0.39, 0.29) is 0 Å². The minimum absolute atomic E-state index is 0.611. The lowest BCUT2D eigenvalue weighted by molar-refractivity contribution is 0.927. The number of rotatable bonds is 5. The standard InChI is InChI=1S/C50H36N6/c1-30-17-21-47-41(25-30)38-13-6-8-15-44(38)55(47)46-23-19-35(34-11-10-12-37(27-34)51-5)28-40(46)36-20-24-49(43(29-36)50-53-32(3)52-33(4)54-50)56-45-16-9-7-14-39(45)42-26-31(2)18-22-48(42)56/h6-29H,1-4H3. The summed E-state index contributed by atoms with van der Waals surface area (Å²) in [5, 5.41) is 4.83. The molecule has 0 fully saturated rings. The van der Waals surface area contributed by atoms with E-state index in [0.29, 0.717) is 23.2 Å². The molecule has 3 aromatic heterocycles. The number of para-hydroxylation sites is 2. The molecule has 0 aliphatic heterocycles. The number of benzene rings is 7. The summed E-state index contributed by atoms with van der Waals surface area (Å²) in [7, 11) is 0. The molecule has 266 valence electrons. The van der Waals surface area contributed by atoms with Gasteiger partial charge in [-0.1, -0.05) is 90.0 Å². The van der Waals surface area contributed by atoms with E-state index >= 15 is 0 Å². The molecule has 7 aromatic carbocycles. The van der Waals surface area contributed by atoms with Crippen LogP contribution in [0, 0.1) is 34.3 Å². The van der Waals surface area contributed by atoms with Gasteiger partial charge in [0, 0.05) is 32.7 Å². The van der Waals surface area contributed by atoms with Gasteiger partial charge in [-0.25, -0.2) is 19.8 Å². The highest BCUT2D eigenvalue weighted by Crippen LogP contribution is 2.42. The molecule has 3 heterocycles. The molecular weight excluding hydrogens is 685 g/mol. The van der Waals surface area contributed by atoms with E-state index in [9.17, 15) is 0 Å². The maximum atomic E-state index is 7.71. The van der Waals surface area contributed by atoms with Crippen LogP contribution in [0.4, 0.5) is 5.69 Å². The van der Waals surface area contributed by atoms with Crippen molar-refractivity contribution in [3.05, 3.63) is 180 Å². The Morgan fingerprint density at radius 3 is 1.55 bits per heavy atom. The minimum atomic E-state index is 0.611. The second kappa shape index (κ2) is 12.9. The third-order valence-corrected chi connectivity index (χ3v) is 10.9. The molecule has 0 bridgehead atoms. The SMILES string of the molecule is [C-]#[N+]c1cccc(-c2ccc(-n3c4ccccc4c4cc(C)ccc43)c(-c3ccc(-n4c5ccccc5c5cc(C)ccc54)c(-c4nc(C)nc(C)n4)c3)c2)c1. The Labute approximate surface area is 324 Å². The molecule has 0 saturated heterocycles. The Morgan fingerprint density at radius 2 is 0.946 bits per heavy atom. The predicted octanol–water partition coefficient (Wildman–Crippen LogP) is 12.9. The molecule has 0 N–H and O–H groups in total. The van der Waals surface area contributed by atoms with Gasteiger partial charge in [-0.2, -0.15) is 0 Å². The van der Waals surface area contributed by atoms with Gasteiger partial charge in [0.05, 0.1) is 40.0 Å². The fraction of sp³-hybridized carbons (Fsp3) is 0.0800. The fourth-order valence-corrected chi connectivity index (χ4v) is 8.40. The molecule has 0 radical (unpaired) electrons. The van der Waals surface area contributed by atoms with Crippen molar-refractivity contribution in [3.8, 4) is 45.0 Å². The van der Waals surface area contributed by atoms with Crippen molar-refractivity contribution in [2.75, 3.05) is 0 Å². The molecule has 10 rings (SSSR count). The van der Waals surface area contributed by atoms with Gasteiger partial charge in [0.25, 0.3) is 0 Å². The van der Waals surface area contributed by atoms with Crippen LogP contribution in [0.2, 0.25) is 0 Å². The molecule has 0 saturated carbocycles. The van der Waals surface area contributed by atoms with E-state index in [4.69, 9.17) is 16.5 Å². The Bertz CT molecular complexity index is 3250. The largest absolute Gasteiger partial charge is 0.309 e. The smallest absolute Gasteiger partial charge is 0.187 e. The molecule has 0 spiro atoms. The molecule has 0 aliphatic carbocycles. The lowest BCUT2D eigenvalue weighted by atomic mass is 9.95. The number of fused-ring (bicyclic) bond motifs is 6. The highest BCUT2D eigenvalue weighted by Gasteiger charge is 2.22. The molecule has 0 amide bonds. The average Bonchev–Trinajstić information content (AvgIpc) is 3.72. The maximum absolute atomic E-state index is 7.71. The van der Waals surface area contributed by atoms with Crippen molar-refractivity contribution in [2.24, 2.45) is 0 Å². The maximum Gasteiger partial charge on any atom is 0.187 e. The molecule has 0 atom stereocenters. The van der Waals surface area contributed by atoms with Gasteiger partial charge in [-0.15, -0.1) is 0 Å². The Morgan fingerprint density at radius 1 is 0.429 bits per heavy atom. The van der Waals surface area contributed by atoms with E-state index in [1.807, 2.05) is 32.0 Å². The molecular formula is C50H36N6. The number of aromatic nitrogens is 5. The Kier molecular flexibility index (Phi) is 7.65. The first kappa shape index (κ1) is 33.2. The van der Waals surface area contributed by atoms with Gasteiger partial charge < -0.3 is 9.13 Å². The molecule has 0 aliphatic rings. The van der Waals surface area contributed by atoms with E-state index in [1.165, 1.54) is 32.7 Å². The van der Waals surface area contributed by atoms with Crippen LogP contribution in [-0.4, -0.2) is 24.1 Å². The zero-order valence-corrected chi connectivity index (χ0v) is 31.5. The number of aryl methyl sites for hydroxylation is 4. The summed E-state index contributed by atoms with van der Waals surface area (Å²) in [5.74, 6) is 1.97. The number of hydrogen-bond acceptors (Lipinski definition) is 3. The first-order valence-electron chi connectivity index (χ1n) is 18.8. The van der Waals surface area contributed by atoms with Crippen LogP contribution in [0.3, 0.4) is 0 Å². The highest BCUT2D eigenvalue weighted by atomic mass is 15.0. The summed E-state index contributed by atoms with van der Waals surface area (Å²) in [6.45, 7) is 15.8. The molecule has 56 heavy (non-hydrogen) atoms. The van der Waals surface area contributed by atoms with Gasteiger partial charge in [-0.3, -0.25) is 0 Å². The summed E-state index contributed by atoms with van der Waals surface area (Å²) in [5.41, 5.74) is 14.6. The van der Waals surface area contributed by atoms with Crippen LogP contribution in [0.25, 0.3) is 93.5 Å². The topological polar surface area (TPSA) is 52.9 Å². The van der Waals surface area contributed by atoms with Crippen LogP contribution in [0.1, 0.15) is 22.8 Å². The minimum Gasteiger partial charge on any atom is -0.309 e. The van der Waals surface area contributed by atoms with Gasteiger partial charge in [0.2, 0.25) is 0 Å². The van der Waals surface area contributed by atoms with E-state index in [1.54, 1.807) is 0 Å². The fourth-order valence-electron chi connectivity index (χ4n) is 8.40. The summed E-state index contributed by atoms with van der Waals surface area (Å²) in [6.07, 6.45) is 0. The summed E-state index contributed by atoms with van der Waals surface area (Å²) in [4.78, 5) is 18.2. The van der Waals surface area contributed by atoms with Crippen LogP contribution < -0.4 is 0 Å². The quantitative estimate of drug-likeness (QED) is 0.166.